The van der Waals surface area contributed by atoms with Crippen LogP contribution in [0.4, 0.5) is 11.4 Å². The van der Waals surface area contributed by atoms with Crippen molar-refractivity contribution in [2.45, 2.75) is 5.41 Å². The van der Waals surface area contributed by atoms with Crippen LogP contribution < -0.4 is 5.32 Å². The summed E-state index contributed by atoms with van der Waals surface area (Å²) in [7, 11) is 0. The van der Waals surface area contributed by atoms with E-state index in [2.05, 4.69) is 163 Å². The largest absolute Gasteiger partial charge is 0.355 e. The van der Waals surface area contributed by atoms with Crippen molar-refractivity contribution in [2.75, 3.05) is 5.32 Å². The zero-order chi connectivity index (χ0) is 29.5. The lowest BCUT2D eigenvalue weighted by molar-refractivity contribution is 0.794. The maximum absolute atomic E-state index is 3.86. The zero-order valence-corrected chi connectivity index (χ0v) is 25.2. The molecule has 1 N–H and O–H groups in total. The molecule has 2 aliphatic rings. The van der Waals surface area contributed by atoms with Crippen LogP contribution in [0, 0.1) is 0 Å². The highest BCUT2D eigenvalue weighted by molar-refractivity contribution is 7.25. The summed E-state index contributed by atoms with van der Waals surface area (Å²) in [5.41, 5.74) is 15.0. The summed E-state index contributed by atoms with van der Waals surface area (Å²) in [5, 5.41) is 6.52. The van der Waals surface area contributed by atoms with Crippen LogP contribution in [0.2, 0.25) is 0 Å². The molecule has 210 valence electrons. The molecular formula is C43H27NS. The second kappa shape index (κ2) is 9.28. The number of benzene rings is 7. The van der Waals surface area contributed by atoms with E-state index in [1.807, 2.05) is 11.3 Å². The van der Waals surface area contributed by atoms with Gasteiger partial charge in [-0.15, -0.1) is 11.3 Å². The fraction of sp³-hybridized carbons (Fsp3) is 0.0233. The summed E-state index contributed by atoms with van der Waals surface area (Å²) in [5.74, 6) is 0. The Balaban J connectivity index is 1.13. The van der Waals surface area contributed by atoms with Crippen molar-refractivity contribution in [2.24, 2.45) is 0 Å². The third-order valence-corrected chi connectivity index (χ3v) is 11.0. The summed E-state index contributed by atoms with van der Waals surface area (Å²) in [6.07, 6.45) is 0. The topological polar surface area (TPSA) is 12.0 Å². The van der Waals surface area contributed by atoms with E-state index in [9.17, 15) is 0 Å². The molecule has 1 aromatic heterocycles. The van der Waals surface area contributed by atoms with E-state index < -0.39 is 0 Å². The highest BCUT2D eigenvalue weighted by atomic mass is 32.1. The van der Waals surface area contributed by atoms with Crippen LogP contribution >= 0.6 is 11.3 Å². The molecule has 7 aromatic carbocycles. The highest BCUT2D eigenvalue weighted by Crippen LogP contribution is 2.63. The third-order valence-electron chi connectivity index (χ3n) is 9.89. The molecule has 0 atom stereocenters. The fourth-order valence-corrected chi connectivity index (χ4v) is 9.21. The minimum absolute atomic E-state index is 0.345. The van der Waals surface area contributed by atoms with Gasteiger partial charge in [0.15, 0.2) is 0 Å². The van der Waals surface area contributed by atoms with Gasteiger partial charge in [-0.05, 0) is 80.4 Å². The van der Waals surface area contributed by atoms with Crippen LogP contribution in [0.15, 0.2) is 158 Å². The van der Waals surface area contributed by atoms with Crippen LogP contribution in [-0.2, 0) is 5.41 Å². The Morgan fingerprint density at radius 3 is 1.67 bits per heavy atom. The first kappa shape index (κ1) is 24.9. The van der Waals surface area contributed by atoms with Crippen molar-refractivity contribution in [3.8, 4) is 33.4 Å². The first-order valence-corrected chi connectivity index (χ1v) is 16.3. The average Bonchev–Trinajstić information content (AvgIpc) is 3.72. The molecule has 2 heteroatoms. The quantitative estimate of drug-likeness (QED) is 0.216. The number of fused-ring (bicyclic) bond motifs is 13. The normalized spacial score (nSPS) is 13.5. The van der Waals surface area contributed by atoms with Gasteiger partial charge in [0, 0.05) is 37.1 Å². The van der Waals surface area contributed by atoms with Gasteiger partial charge in [0.1, 0.15) is 0 Å². The predicted molar refractivity (Wildman–Crippen MR) is 191 cm³/mol. The number of hydrogen-bond donors (Lipinski definition) is 1. The van der Waals surface area contributed by atoms with Gasteiger partial charge in [-0.25, -0.2) is 0 Å². The molecule has 1 spiro atoms. The van der Waals surface area contributed by atoms with E-state index in [0.29, 0.717) is 0 Å². The summed E-state index contributed by atoms with van der Waals surface area (Å²) >= 11 is 1.87. The lowest BCUT2D eigenvalue weighted by atomic mass is 9.70. The van der Waals surface area contributed by atoms with Crippen molar-refractivity contribution in [3.63, 3.8) is 0 Å². The van der Waals surface area contributed by atoms with E-state index in [0.717, 1.165) is 11.4 Å². The summed E-state index contributed by atoms with van der Waals surface area (Å²) < 4.78 is 2.65. The standard InChI is InChI=1S/C43H27NS/c1-6-16-36-30(12-1)31-13-2-7-17-37(31)43(36)38-18-8-3-14-32(38)33-24-22-28(26-39(33)43)44-40-19-9-4-11-29(40)27-21-23-35-34-15-5-10-20-41(34)45-42(35)25-27/h1-26,44H. The third kappa shape index (κ3) is 3.38. The van der Waals surface area contributed by atoms with Gasteiger partial charge in [-0.1, -0.05) is 127 Å². The summed E-state index contributed by atoms with van der Waals surface area (Å²) in [6, 6.07) is 58.2. The minimum Gasteiger partial charge on any atom is -0.355 e. The SMILES string of the molecule is c1ccc(-c2ccc3c(c2)sc2ccccc23)c(Nc2ccc3c(c2)C2(c4ccccc4-c4ccccc42)c2ccccc2-3)c1. The number of rotatable bonds is 3. The number of hydrogen-bond acceptors (Lipinski definition) is 2. The molecule has 10 rings (SSSR count). The van der Waals surface area contributed by atoms with Crippen molar-refractivity contribution in [1.82, 2.24) is 0 Å². The number of nitrogens with one attached hydrogen (secondary N) is 1. The smallest absolute Gasteiger partial charge is 0.0726 e. The maximum Gasteiger partial charge on any atom is 0.0726 e. The molecule has 0 unspecified atom stereocenters. The molecule has 0 saturated carbocycles. The molecule has 0 fully saturated rings. The average molecular weight is 590 g/mol. The predicted octanol–water partition coefficient (Wildman–Crippen LogP) is 11.8. The number of anilines is 2. The molecule has 2 aliphatic carbocycles. The van der Waals surface area contributed by atoms with Crippen LogP contribution in [0.25, 0.3) is 53.6 Å². The van der Waals surface area contributed by atoms with E-state index in [1.165, 1.54) is 75.8 Å². The second-order valence-corrected chi connectivity index (χ2v) is 13.2. The maximum atomic E-state index is 3.86. The Morgan fingerprint density at radius 2 is 0.956 bits per heavy atom. The number of thiophene rings is 1. The lowest BCUT2D eigenvalue weighted by Gasteiger charge is -2.30. The molecular weight excluding hydrogens is 563 g/mol. The number of para-hydroxylation sites is 1. The monoisotopic (exact) mass is 589 g/mol. The molecule has 0 saturated heterocycles. The Morgan fingerprint density at radius 1 is 0.400 bits per heavy atom. The van der Waals surface area contributed by atoms with Gasteiger partial charge in [0.25, 0.3) is 0 Å². The Hall–Kier alpha value is -5.44. The van der Waals surface area contributed by atoms with E-state index in [-0.39, 0.29) is 5.41 Å². The van der Waals surface area contributed by atoms with Gasteiger partial charge in [-0.2, -0.15) is 0 Å². The van der Waals surface area contributed by atoms with E-state index >= 15 is 0 Å². The minimum atomic E-state index is -0.345. The molecule has 45 heavy (non-hydrogen) atoms. The molecule has 0 bridgehead atoms. The van der Waals surface area contributed by atoms with E-state index in [1.54, 1.807) is 0 Å². The zero-order valence-electron chi connectivity index (χ0n) is 24.4. The van der Waals surface area contributed by atoms with Crippen LogP contribution in [0.1, 0.15) is 22.3 Å². The van der Waals surface area contributed by atoms with Gasteiger partial charge >= 0.3 is 0 Å². The van der Waals surface area contributed by atoms with E-state index in [4.69, 9.17) is 0 Å². The van der Waals surface area contributed by atoms with Crippen molar-refractivity contribution < 1.29 is 0 Å². The van der Waals surface area contributed by atoms with Gasteiger partial charge < -0.3 is 5.32 Å². The summed E-state index contributed by atoms with van der Waals surface area (Å²) in [4.78, 5) is 0. The van der Waals surface area contributed by atoms with Crippen LogP contribution in [-0.4, -0.2) is 0 Å². The van der Waals surface area contributed by atoms with Crippen LogP contribution in [0.3, 0.4) is 0 Å². The van der Waals surface area contributed by atoms with Crippen molar-refractivity contribution in [3.05, 3.63) is 180 Å². The first-order chi connectivity index (χ1) is 22.3. The Bertz CT molecular complexity index is 2420. The van der Waals surface area contributed by atoms with Crippen LogP contribution in [0.5, 0.6) is 0 Å². The molecule has 0 amide bonds. The lowest BCUT2D eigenvalue weighted by Crippen LogP contribution is -2.25. The van der Waals surface area contributed by atoms with Gasteiger partial charge in [0.2, 0.25) is 0 Å². The molecule has 0 aliphatic heterocycles. The van der Waals surface area contributed by atoms with Gasteiger partial charge in [-0.3, -0.25) is 0 Å². The van der Waals surface area contributed by atoms with Gasteiger partial charge in [0.05, 0.1) is 5.41 Å². The molecule has 1 heterocycles. The molecule has 8 aromatic rings. The van der Waals surface area contributed by atoms with Crippen molar-refractivity contribution >= 4 is 42.9 Å². The second-order valence-electron chi connectivity index (χ2n) is 12.1. The first-order valence-electron chi connectivity index (χ1n) is 15.5. The van der Waals surface area contributed by atoms with Crippen molar-refractivity contribution in [1.29, 1.82) is 0 Å². The fourth-order valence-electron chi connectivity index (χ4n) is 8.07. The Labute approximate surface area is 266 Å². The molecule has 0 radical (unpaired) electrons. The highest BCUT2D eigenvalue weighted by Gasteiger charge is 2.51. The Kier molecular flexibility index (Phi) is 5.14. The summed E-state index contributed by atoms with van der Waals surface area (Å²) in [6.45, 7) is 0. The molecule has 1 nitrogen and oxygen atoms in total.